The number of carbonyl (C=O) groups is 1. The first-order valence-corrected chi connectivity index (χ1v) is 6.84. The van der Waals surface area contributed by atoms with E-state index in [1.807, 2.05) is 13.8 Å². The van der Waals surface area contributed by atoms with E-state index in [1.165, 1.54) is 11.1 Å². The van der Waals surface area contributed by atoms with Crippen molar-refractivity contribution in [1.29, 1.82) is 0 Å². The molecule has 2 heteroatoms. The minimum absolute atomic E-state index is 0.0669. The molecule has 0 heterocycles. The average molecular weight is 247 g/mol. The molecule has 0 saturated carbocycles. The highest BCUT2D eigenvalue weighted by molar-refractivity contribution is 5.77. The summed E-state index contributed by atoms with van der Waals surface area (Å²) in [5.74, 6) is 0.881. The lowest BCUT2D eigenvalue weighted by Gasteiger charge is -2.09. The van der Waals surface area contributed by atoms with Gasteiger partial charge in [-0.05, 0) is 29.9 Å². The Morgan fingerprint density at radius 3 is 2.44 bits per heavy atom. The number of rotatable bonds is 6. The maximum absolute atomic E-state index is 11.4. The zero-order chi connectivity index (χ0) is 13.5. The van der Waals surface area contributed by atoms with E-state index in [1.54, 1.807) is 0 Å². The van der Waals surface area contributed by atoms with E-state index < -0.39 is 0 Å². The molecule has 0 bridgehead atoms. The molecule has 1 rings (SSSR count). The molecular weight excluding hydrogens is 222 g/mol. The van der Waals surface area contributed by atoms with Crippen LogP contribution in [0.15, 0.2) is 24.3 Å². The summed E-state index contributed by atoms with van der Waals surface area (Å²) in [6.07, 6.45) is 2.02. The molecule has 0 atom stereocenters. The third-order valence-electron chi connectivity index (χ3n) is 2.87. The molecule has 2 nitrogen and oxygen atoms in total. The van der Waals surface area contributed by atoms with Crippen molar-refractivity contribution in [1.82, 2.24) is 5.32 Å². The molecule has 18 heavy (non-hydrogen) atoms. The van der Waals surface area contributed by atoms with Crippen LogP contribution < -0.4 is 5.32 Å². The van der Waals surface area contributed by atoms with Crippen molar-refractivity contribution in [2.45, 2.75) is 40.5 Å². The van der Waals surface area contributed by atoms with E-state index in [0.717, 1.165) is 19.4 Å². The van der Waals surface area contributed by atoms with Crippen LogP contribution in [0.25, 0.3) is 0 Å². The van der Waals surface area contributed by atoms with Crippen LogP contribution in [0.3, 0.4) is 0 Å². The topological polar surface area (TPSA) is 29.1 Å². The molecule has 0 aliphatic carbocycles. The molecule has 0 unspecified atom stereocenters. The fourth-order valence-corrected chi connectivity index (χ4v) is 1.92. The molecule has 0 aromatic heterocycles. The Balaban J connectivity index is 2.45. The lowest BCUT2D eigenvalue weighted by molar-refractivity contribution is -0.123. The van der Waals surface area contributed by atoms with Crippen LogP contribution in [0.5, 0.6) is 0 Å². The van der Waals surface area contributed by atoms with Crippen LogP contribution in [-0.4, -0.2) is 12.5 Å². The predicted octanol–water partition coefficient (Wildman–Crippen LogP) is 3.20. The fraction of sp³-hybridized carbons (Fsp3) is 0.562. The number of hydrogen-bond donors (Lipinski definition) is 1. The van der Waals surface area contributed by atoms with Crippen molar-refractivity contribution in [2.75, 3.05) is 6.54 Å². The van der Waals surface area contributed by atoms with E-state index in [4.69, 9.17) is 0 Å². The summed E-state index contributed by atoms with van der Waals surface area (Å²) in [4.78, 5) is 11.4. The monoisotopic (exact) mass is 247 g/mol. The third-order valence-corrected chi connectivity index (χ3v) is 2.87. The number of nitrogens with one attached hydrogen (secondary N) is 1. The van der Waals surface area contributed by atoms with E-state index >= 15 is 0 Å². The van der Waals surface area contributed by atoms with Gasteiger partial charge in [0.1, 0.15) is 0 Å². The molecular formula is C16H25NO. The van der Waals surface area contributed by atoms with Crippen LogP contribution in [0.2, 0.25) is 0 Å². The maximum atomic E-state index is 11.4. The molecule has 1 aromatic carbocycles. The van der Waals surface area contributed by atoms with Crippen LogP contribution in [0.4, 0.5) is 0 Å². The number of benzene rings is 1. The number of amides is 1. The van der Waals surface area contributed by atoms with Gasteiger partial charge in [0, 0.05) is 12.5 Å². The van der Waals surface area contributed by atoms with Gasteiger partial charge < -0.3 is 5.32 Å². The normalized spacial score (nSPS) is 11.0. The molecule has 0 aliphatic rings. The minimum Gasteiger partial charge on any atom is -0.356 e. The Morgan fingerprint density at radius 1 is 1.17 bits per heavy atom. The average Bonchev–Trinajstić information content (AvgIpc) is 2.28. The summed E-state index contributed by atoms with van der Waals surface area (Å²) >= 11 is 0. The molecule has 1 amide bonds. The summed E-state index contributed by atoms with van der Waals surface area (Å²) in [6.45, 7) is 9.02. The van der Waals surface area contributed by atoms with E-state index in [2.05, 4.69) is 43.4 Å². The fourth-order valence-electron chi connectivity index (χ4n) is 1.92. The van der Waals surface area contributed by atoms with Gasteiger partial charge in [0.05, 0.1) is 0 Å². The lowest BCUT2D eigenvalue weighted by Crippen LogP contribution is -2.29. The predicted molar refractivity (Wildman–Crippen MR) is 76.5 cm³/mol. The molecule has 100 valence electrons. The van der Waals surface area contributed by atoms with Crippen molar-refractivity contribution in [3.63, 3.8) is 0 Å². The van der Waals surface area contributed by atoms with Crippen molar-refractivity contribution < 1.29 is 4.79 Å². The lowest BCUT2D eigenvalue weighted by atomic mass is 10.00. The molecule has 1 N–H and O–H groups in total. The van der Waals surface area contributed by atoms with Crippen molar-refractivity contribution in [3.05, 3.63) is 35.4 Å². The first-order chi connectivity index (χ1) is 8.49. The van der Waals surface area contributed by atoms with E-state index in [0.29, 0.717) is 5.92 Å². The summed E-state index contributed by atoms with van der Waals surface area (Å²) in [5.41, 5.74) is 2.69. The van der Waals surface area contributed by atoms with E-state index in [9.17, 15) is 4.79 Å². The second-order valence-corrected chi connectivity index (χ2v) is 5.61. The molecule has 0 radical (unpaired) electrons. The quantitative estimate of drug-likeness (QED) is 0.821. The molecule has 0 fully saturated rings. The Labute approximate surface area is 111 Å². The van der Waals surface area contributed by atoms with E-state index in [-0.39, 0.29) is 11.8 Å². The summed E-state index contributed by atoms with van der Waals surface area (Å²) < 4.78 is 0. The van der Waals surface area contributed by atoms with Crippen molar-refractivity contribution in [2.24, 2.45) is 11.8 Å². The standard InChI is InChI=1S/C16H25NO/c1-12(2)10-15-7-5-6-14(11-15)8-9-17-16(18)13(3)4/h5-7,11-13H,8-10H2,1-4H3,(H,17,18). The zero-order valence-electron chi connectivity index (χ0n) is 12.0. The molecule has 0 saturated heterocycles. The highest BCUT2D eigenvalue weighted by Gasteiger charge is 2.05. The SMILES string of the molecule is CC(C)Cc1cccc(CCNC(=O)C(C)C)c1. The smallest absolute Gasteiger partial charge is 0.222 e. The molecule has 0 aliphatic heterocycles. The number of hydrogen-bond acceptors (Lipinski definition) is 1. The Kier molecular flexibility index (Phi) is 5.90. The van der Waals surface area contributed by atoms with Crippen LogP contribution >= 0.6 is 0 Å². The highest BCUT2D eigenvalue weighted by Crippen LogP contribution is 2.10. The van der Waals surface area contributed by atoms with Gasteiger partial charge in [-0.3, -0.25) is 4.79 Å². The largest absolute Gasteiger partial charge is 0.356 e. The Bertz CT molecular complexity index is 382. The maximum Gasteiger partial charge on any atom is 0.222 e. The van der Waals surface area contributed by atoms with Crippen molar-refractivity contribution >= 4 is 5.91 Å². The molecule has 1 aromatic rings. The van der Waals surface area contributed by atoms with Gasteiger partial charge in [0.2, 0.25) is 5.91 Å². The van der Waals surface area contributed by atoms with Gasteiger partial charge in [-0.15, -0.1) is 0 Å². The Hall–Kier alpha value is -1.31. The number of carbonyl (C=O) groups excluding carboxylic acids is 1. The van der Waals surface area contributed by atoms with Gasteiger partial charge in [-0.2, -0.15) is 0 Å². The first kappa shape index (κ1) is 14.7. The van der Waals surface area contributed by atoms with Gasteiger partial charge in [0.15, 0.2) is 0 Å². The van der Waals surface area contributed by atoms with Gasteiger partial charge in [0.25, 0.3) is 0 Å². The summed E-state index contributed by atoms with van der Waals surface area (Å²) in [7, 11) is 0. The van der Waals surface area contributed by atoms with Gasteiger partial charge in [-0.25, -0.2) is 0 Å². The summed E-state index contributed by atoms with van der Waals surface area (Å²) in [5, 5.41) is 2.95. The first-order valence-electron chi connectivity index (χ1n) is 6.84. The third kappa shape index (κ3) is 5.35. The summed E-state index contributed by atoms with van der Waals surface area (Å²) in [6, 6.07) is 8.67. The van der Waals surface area contributed by atoms with Crippen molar-refractivity contribution in [3.8, 4) is 0 Å². The minimum atomic E-state index is 0.0669. The molecule has 0 spiro atoms. The highest BCUT2D eigenvalue weighted by atomic mass is 16.1. The van der Waals surface area contributed by atoms with Crippen LogP contribution in [0, 0.1) is 11.8 Å². The second-order valence-electron chi connectivity index (χ2n) is 5.61. The zero-order valence-corrected chi connectivity index (χ0v) is 12.0. The van der Waals surface area contributed by atoms with Gasteiger partial charge >= 0.3 is 0 Å². The van der Waals surface area contributed by atoms with Crippen LogP contribution in [0.1, 0.15) is 38.8 Å². The van der Waals surface area contributed by atoms with Crippen LogP contribution in [-0.2, 0) is 17.6 Å². The van der Waals surface area contributed by atoms with Gasteiger partial charge in [-0.1, -0.05) is 52.0 Å². The Morgan fingerprint density at radius 2 is 1.83 bits per heavy atom. The second kappa shape index (κ2) is 7.20.